The highest BCUT2D eigenvalue weighted by atomic mass is 127. The van der Waals surface area contributed by atoms with Gasteiger partial charge in [-0.15, -0.1) is 0 Å². The van der Waals surface area contributed by atoms with Crippen molar-refractivity contribution < 1.29 is 14.6 Å². The molecule has 0 heterocycles. The summed E-state index contributed by atoms with van der Waals surface area (Å²) in [5, 5.41) is 10.0. The fourth-order valence-corrected chi connectivity index (χ4v) is 2.06. The SMILES string of the molecule is CCC(I)C(=O)OCCC1(O)CCCC1. The summed E-state index contributed by atoms with van der Waals surface area (Å²) in [7, 11) is 0. The average molecular weight is 326 g/mol. The van der Waals surface area contributed by atoms with Gasteiger partial charge in [-0.05, 0) is 19.3 Å². The Hall–Kier alpha value is 0.160. The van der Waals surface area contributed by atoms with Crippen LogP contribution in [0.2, 0.25) is 0 Å². The average Bonchev–Trinajstić information content (AvgIpc) is 2.64. The minimum absolute atomic E-state index is 0.0548. The van der Waals surface area contributed by atoms with Crippen LogP contribution in [0, 0.1) is 0 Å². The molecule has 88 valence electrons. The summed E-state index contributed by atoms with van der Waals surface area (Å²) in [6.45, 7) is 2.32. The third-order valence-electron chi connectivity index (χ3n) is 2.96. The number of halogens is 1. The summed E-state index contributed by atoms with van der Waals surface area (Å²) in [4.78, 5) is 11.3. The minimum Gasteiger partial charge on any atom is -0.465 e. The molecule has 1 N–H and O–H groups in total. The van der Waals surface area contributed by atoms with Crippen molar-refractivity contribution >= 4 is 28.6 Å². The van der Waals surface area contributed by atoms with Crippen LogP contribution in [0.5, 0.6) is 0 Å². The van der Waals surface area contributed by atoms with Gasteiger partial charge >= 0.3 is 5.97 Å². The van der Waals surface area contributed by atoms with Crippen molar-refractivity contribution in [2.24, 2.45) is 0 Å². The molecule has 1 fully saturated rings. The van der Waals surface area contributed by atoms with Crippen LogP contribution in [0.3, 0.4) is 0 Å². The van der Waals surface area contributed by atoms with Crippen LogP contribution in [0.4, 0.5) is 0 Å². The lowest BCUT2D eigenvalue weighted by Gasteiger charge is -2.21. The molecular formula is C11H19IO3. The first-order valence-corrected chi connectivity index (χ1v) is 6.85. The Morgan fingerprint density at radius 2 is 2.13 bits per heavy atom. The molecule has 0 aromatic heterocycles. The summed E-state index contributed by atoms with van der Waals surface area (Å²) < 4.78 is 5.06. The summed E-state index contributed by atoms with van der Waals surface area (Å²) in [6, 6.07) is 0. The van der Waals surface area contributed by atoms with E-state index in [4.69, 9.17) is 4.74 Å². The molecular weight excluding hydrogens is 307 g/mol. The van der Waals surface area contributed by atoms with Gasteiger partial charge < -0.3 is 9.84 Å². The maximum atomic E-state index is 11.3. The van der Waals surface area contributed by atoms with Crippen LogP contribution < -0.4 is 0 Å². The van der Waals surface area contributed by atoms with Crippen molar-refractivity contribution in [3.05, 3.63) is 0 Å². The molecule has 0 spiro atoms. The topological polar surface area (TPSA) is 46.5 Å². The molecule has 0 aromatic rings. The smallest absolute Gasteiger partial charge is 0.318 e. The number of rotatable bonds is 5. The summed E-state index contributed by atoms with van der Waals surface area (Å²) in [5.41, 5.74) is -0.562. The Labute approximate surface area is 105 Å². The van der Waals surface area contributed by atoms with Crippen LogP contribution in [0.15, 0.2) is 0 Å². The van der Waals surface area contributed by atoms with E-state index >= 15 is 0 Å². The molecule has 0 saturated heterocycles. The number of ether oxygens (including phenoxy) is 1. The number of alkyl halides is 1. The van der Waals surface area contributed by atoms with Crippen LogP contribution in [0.1, 0.15) is 45.4 Å². The van der Waals surface area contributed by atoms with Gasteiger partial charge in [-0.3, -0.25) is 4.79 Å². The maximum Gasteiger partial charge on any atom is 0.318 e. The number of esters is 1. The molecule has 3 nitrogen and oxygen atoms in total. The Morgan fingerprint density at radius 1 is 1.53 bits per heavy atom. The van der Waals surface area contributed by atoms with E-state index in [9.17, 15) is 9.90 Å². The first kappa shape index (κ1) is 13.2. The Balaban J connectivity index is 2.18. The van der Waals surface area contributed by atoms with Crippen LogP contribution in [0.25, 0.3) is 0 Å². The van der Waals surface area contributed by atoms with Gasteiger partial charge in [0.2, 0.25) is 0 Å². The fraction of sp³-hybridized carbons (Fsp3) is 0.909. The van der Waals surface area contributed by atoms with E-state index in [1.54, 1.807) is 0 Å². The minimum atomic E-state index is -0.562. The zero-order valence-electron chi connectivity index (χ0n) is 9.17. The zero-order valence-corrected chi connectivity index (χ0v) is 11.3. The Morgan fingerprint density at radius 3 is 2.67 bits per heavy atom. The number of aliphatic hydroxyl groups is 1. The summed E-state index contributed by atoms with van der Waals surface area (Å²) >= 11 is 2.09. The van der Waals surface area contributed by atoms with Gasteiger partial charge in [0.15, 0.2) is 0 Å². The number of hydrogen-bond donors (Lipinski definition) is 1. The zero-order chi connectivity index (χ0) is 11.3. The molecule has 1 atom stereocenters. The number of hydrogen-bond acceptors (Lipinski definition) is 3. The van der Waals surface area contributed by atoms with E-state index in [0.717, 1.165) is 32.1 Å². The van der Waals surface area contributed by atoms with Gasteiger partial charge in [0, 0.05) is 6.42 Å². The highest BCUT2D eigenvalue weighted by molar-refractivity contribution is 14.1. The molecule has 15 heavy (non-hydrogen) atoms. The van der Waals surface area contributed by atoms with E-state index < -0.39 is 5.60 Å². The predicted molar refractivity (Wildman–Crippen MR) is 67.1 cm³/mol. The quantitative estimate of drug-likeness (QED) is 0.480. The van der Waals surface area contributed by atoms with Crippen LogP contribution >= 0.6 is 22.6 Å². The number of carbonyl (C=O) groups is 1. The molecule has 1 aliphatic rings. The van der Waals surface area contributed by atoms with Crippen molar-refractivity contribution in [1.29, 1.82) is 0 Å². The van der Waals surface area contributed by atoms with E-state index in [1.165, 1.54) is 0 Å². The Kier molecular flexibility index (Phi) is 5.32. The Bertz CT molecular complexity index is 212. The second kappa shape index (κ2) is 6.03. The molecule has 1 aliphatic carbocycles. The van der Waals surface area contributed by atoms with Gasteiger partial charge in [-0.25, -0.2) is 0 Å². The fourth-order valence-electron chi connectivity index (χ4n) is 1.88. The third kappa shape index (κ3) is 4.26. The highest BCUT2D eigenvalue weighted by Crippen LogP contribution is 2.32. The van der Waals surface area contributed by atoms with Gasteiger partial charge in [0.05, 0.1) is 12.2 Å². The first-order valence-electron chi connectivity index (χ1n) is 5.60. The van der Waals surface area contributed by atoms with Gasteiger partial charge in [0.25, 0.3) is 0 Å². The lowest BCUT2D eigenvalue weighted by atomic mass is 9.99. The second-order valence-corrected chi connectivity index (χ2v) is 5.73. The maximum absolute atomic E-state index is 11.3. The van der Waals surface area contributed by atoms with Crippen molar-refractivity contribution in [1.82, 2.24) is 0 Å². The molecule has 0 aliphatic heterocycles. The monoisotopic (exact) mass is 326 g/mol. The van der Waals surface area contributed by atoms with Crippen LogP contribution in [-0.2, 0) is 9.53 Å². The molecule has 0 aromatic carbocycles. The highest BCUT2D eigenvalue weighted by Gasteiger charge is 2.31. The molecule has 4 heteroatoms. The lowest BCUT2D eigenvalue weighted by molar-refractivity contribution is -0.144. The first-order chi connectivity index (χ1) is 7.07. The third-order valence-corrected chi connectivity index (χ3v) is 4.35. The lowest BCUT2D eigenvalue weighted by Crippen LogP contribution is -2.27. The molecule has 1 saturated carbocycles. The number of carbonyl (C=O) groups excluding carboxylic acids is 1. The van der Waals surface area contributed by atoms with Crippen molar-refractivity contribution in [2.75, 3.05) is 6.61 Å². The van der Waals surface area contributed by atoms with Gasteiger partial charge in [0.1, 0.15) is 3.92 Å². The molecule has 0 bridgehead atoms. The van der Waals surface area contributed by atoms with Crippen molar-refractivity contribution in [3.8, 4) is 0 Å². The largest absolute Gasteiger partial charge is 0.465 e. The van der Waals surface area contributed by atoms with E-state index in [-0.39, 0.29) is 9.89 Å². The summed E-state index contributed by atoms with van der Waals surface area (Å²) in [5.74, 6) is -0.153. The molecule has 1 unspecified atom stereocenters. The second-order valence-electron chi connectivity index (χ2n) is 4.22. The van der Waals surface area contributed by atoms with Crippen LogP contribution in [-0.4, -0.2) is 27.2 Å². The van der Waals surface area contributed by atoms with E-state index in [2.05, 4.69) is 22.6 Å². The van der Waals surface area contributed by atoms with Crippen molar-refractivity contribution in [3.63, 3.8) is 0 Å². The normalized spacial score (nSPS) is 21.3. The molecule has 0 amide bonds. The predicted octanol–water partition coefficient (Wildman–Crippen LogP) is 2.44. The molecule has 1 rings (SSSR count). The van der Waals surface area contributed by atoms with Gasteiger partial charge in [-0.1, -0.05) is 42.4 Å². The van der Waals surface area contributed by atoms with Gasteiger partial charge in [-0.2, -0.15) is 0 Å². The molecule has 0 radical (unpaired) electrons. The van der Waals surface area contributed by atoms with Crippen molar-refractivity contribution in [2.45, 2.75) is 55.0 Å². The summed E-state index contributed by atoms with van der Waals surface area (Å²) in [6.07, 6.45) is 5.27. The standard InChI is InChI=1S/C11H19IO3/c1-2-9(12)10(13)15-8-7-11(14)5-3-4-6-11/h9,14H,2-8H2,1H3. The van der Waals surface area contributed by atoms with E-state index in [1.807, 2.05) is 6.92 Å². The van der Waals surface area contributed by atoms with E-state index in [0.29, 0.717) is 13.0 Å².